The van der Waals surface area contributed by atoms with Gasteiger partial charge in [0, 0.05) is 20.2 Å². The Labute approximate surface area is 108 Å². The highest BCUT2D eigenvalue weighted by Gasteiger charge is 2.24. The van der Waals surface area contributed by atoms with E-state index in [-0.39, 0.29) is 12.0 Å². The Morgan fingerprint density at radius 2 is 2.22 bits per heavy atom. The number of carbonyl (C=O) groups is 1. The third kappa shape index (κ3) is 3.09. The lowest BCUT2D eigenvalue weighted by atomic mass is 10.1. The van der Waals surface area contributed by atoms with Gasteiger partial charge in [0.15, 0.2) is 0 Å². The Morgan fingerprint density at radius 1 is 1.50 bits per heavy atom. The maximum Gasteiger partial charge on any atom is 0.243 e. The van der Waals surface area contributed by atoms with Crippen LogP contribution in [-0.4, -0.2) is 37.1 Å². The summed E-state index contributed by atoms with van der Waals surface area (Å²) in [6, 6.07) is 8.87. The molecule has 1 saturated heterocycles. The van der Waals surface area contributed by atoms with Crippen molar-refractivity contribution in [3.8, 4) is 0 Å². The van der Waals surface area contributed by atoms with Crippen LogP contribution >= 0.6 is 0 Å². The Balaban J connectivity index is 1.93. The standard InChI is InChI=1S/C14H20N2O2/c1-16(10-12-8-5-9-18-12)14(17)13(15)11-6-3-2-4-7-11/h2-4,6-7,12-13H,5,8-10,15H2,1H3/t12?,13-/m1/s1. The van der Waals surface area contributed by atoms with Gasteiger partial charge in [-0.2, -0.15) is 0 Å². The summed E-state index contributed by atoms with van der Waals surface area (Å²) in [4.78, 5) is 13.9. The normalized spacial score (nSPS) is 20.7. The van der Waals surface area contributed by atoms with Gasteiger partial charge >= 0.3 is 0 Å². The van der Waals surface area contributed by atoms with Crippen LogP contribution in [0.25, 0.3) is 0 Å². The third-order valence-electron chi connectivity index (χ3n) is 3.30. The third-order valence-corrected chi connectivity index (χ3v) is 3.30. The Kier molecular flexibility index (Phi) is 4.33. The van der Waals surface area contributed by atoms with E-state index < -0.39 is 6.04 Å². The number of nitrogens with zero attached hydrogens (tertiary/aromatic N) is 1. The Hall–Kier alpha value is -1.39. The van der Waals surface area contributed by atoms with E-state index in [9.17, 15) is 4.79 Å². The number of ether oxygens (including phenoxy) is 1. The number of benzene rings is 1. The van der Waals surface area contributed by atoms with E-state index in [0.29, 0.717) is 6.54 Å². The van der Waals surface area contributed by atoms with Gasteiger partial charge in [-0.25, -0.2) is 0 Å². The number of rotatable bonds is 4. The molecule has 1 amide bonds. The first kappa shape index (κ1) is 13.1. The van der Waals surface area contributed by atoms with E-state index in [2.05, 4.69) is 0 Å². The summed E-state index contributed by atoms with van der Waals surface area (Å²) < 4.78 is 5.52. The summed E-state index contributed by atoms with van der Waals surface area (Å²) in [5.41, 5.74) is 6.83. The van der Waals surface area contributed by atoms with Crippen LogP contribution in [0.1, 0.15) is 24.4 Å². The van der Waals surface area contributed by atoms with E-state index in [4.69, 9.17) is 10.5 Å². The monoisotopic (exact) mass is 248 g/mol. The van der Waals surface area contributed by atoms with Gasteiger partial charge < -0.3 is 15.4 Å². The second-order valence-electron chi connectivity index (χ2n) is 4.74. The summed E-state index contributed by atoms with van der Waals surface area (Å²) in [5.74, 6) is -0.0586. The Morgan fingerprint density at radius 3 is 2.83 bits per heavy atom. The highest BCUT2D eigenvalue weighted by atomic mass is 16.5. The van der Waals surface area contributed by atoms with Crippen LogP contribution in [0.5, 0.6) is 0 Å². The molecule has 4 nitrogen and oxygen atoms in total. The van der Waals surface area contributed by atoms with Crippen molar-refractivity contribution in [3.05, 3.63) is 35.9 Å². The van der Waals surface area contributed by atoms with Crippen LogP contribution in [0.2, 0.25) is 0 Å². The molecular weight excluding hydrogens is 228 g/mol. The lowest BCUT2D eigenvalue weighted by Crippen LogP contribution is -2.39. The van der Waals surface area contributed by atoms with Crippen molar-refractivity contribution in [2.45, 2.75) is 25.0 Å². The van der Waals surface area contributed by atoms with Crippen LogP contribution in [0.3, 0.4) is 0 Å². The molecule has 18 heavy (non-hydrogen) atoms. The molecule has 4 heteroatoms. The number of hydrogen-bond acceptors (Lipinski definition) is 3. The summed E-state index contributed by atoms with van der Waals surface area (Å²) in [7, 11) is 1.78. The topological polar surface area (TPSA) is 55.6 Å². The van der Waals surface area contributed by atoms with Crippen molar-refractivity contribution in [1.82, 2.24) is 4.90 Å². The van der Waals surface area contributed by atoms with Crippen molar-refractivity contribution >= 4 is 5.91 Å². The number of amides is 1. The fourth-order valence-corrected chi connectivity index (χ4v) is 2.22. The van der Waals surface area contributed by atoms with E-state index in [0.717, 1.165) is 25.0 Å². The molecule has 1 fully saturated rings. The van der Waals surface area contributed by atoms with Gasteiger partial charge in [-0.1, -0.05) is 30.3 Å². The molecule has 2 atom stereocenters. The first-order valence-electron chi connectivity index (χ1n) is 6.35. The molecule has 1 aliphatic heterocycles. The highest BCUT2D eigenvalue weighted by molar-refractivity contribution is 5.82. The van der Waals surface area contributed by atoms with Crippen LogP contribution in [-0.2, 0) is 9.53 Å². The molecule has 2 N–H and O–H groups in total. The highest BCUT2D eigenvalue weighted by Crippen LogP contribution is 2.16. The molecule has 98 valence electrons. The predicted octanol–water partition coefficient (Wildman–Crippen LogP) is 1.32. The summed E-state index contributed by atoms with van der Waals surface area (Å²) in [6.45, 7) is 1.43. The fourth-order valence-electron chi connectivity index (χ4n) is 2.22. The van der Waals surface area contributed by atoms with E-state index in [1.54, 1.807) is 11.9 Å². The number of carbonyl (C=O) groups excluding carboxylic acids is 1. The van der Waals surface area contributed by atoms with Crippen molar-refractivity contribution in [2.75, 3.05) is 20.2 Å². The van der Waals surface area contributed by atoms with Gasteiger partial charge in [-0.05, 0) is 18.4 Å². The van der Waals surface area contributed by atoms with Crippen molar-refractivity contribution in [2.24, 2.45) is 5.73 Å². The molecule has 1 aromatic rings. The minimum absolute atomic E-state index is 0.0586. The molecule has 1 aliphatic rings. The second-order valence-corrected chi connectivity index (χ2v) is 4.74. The second kappa shape index (κ2) is 5.98. The molecule has 1 aromatic carbocycles. The average Bonchev–Trinajstić information content (AvgIpc) is 2.91. The summed E-state index contributed by atoms with van der Waals surface area (Å²) >= 11 is 0. The van der Waals surface area contributed by atoms with Gasteiger partial charge in [-0.3, -0.25) is 4.79 Å². The van der Waals surface area contributed by atoms with Gasteiger partial charge in [0.2, 0.25) is 5.91 Å². The van der Waals surface area contributed by atoms with Crippen molar-refractivity contribution < 1.29 is 9.53 Å². The molecule has 0 aromatic heterocycles. The van der Waals surface area contributed by atoms with Gasteiger partial charge in [0.05, 0.1) is 6.10 Å². The summed E-state index contributed by atoms with van der Waals surface area (Å²) in [5, 5.41) is 0. The van der Waals surface area contributed by atoms with Crippen LogP contribution in [0.4, 0.5) is 0 Å². The van der Waals surface area contributed by atoms with Gasteiger partial charge in [0.25, 0.3) is 0 Å². The lowest BCUT2D eigenvalue weighted by molar-refractivity contribution is -0.132. The quantitative estimate of drug-likeness (QED) is 0.874. The molecule has 0 saturated carbocycles. The van der Waals surface area contributed by atoms with E-state index >= 15 is 0 Å². The predicted molar refractivity (Wildman–Crippen MR) is 70.0 cm³/mol. The fraction of sp³-hybridized carbons (Fsp3) is 0.500. The maximum absolute atomic E-state index is 12.2. The molecule has 0 radical (unpaired) electrons. The average molecular weight is 248 g/mol. The van der Waals surface area contributed by atoms with E-state index in [1.165, 1.54) is 0 Å². The molecule has 0 spiro atoms. The summed E-state index contributed by atoms with van der Waals surface area (Å²) in [6.07, 6.45) is 2.28. The first-order chi connectivity index (χ1) is 8.68. The van der Waals surface area contributed by atoms with Crippen LogP contribution in [0.15, 0.2) is 30.3 Å². The number of hydrogen-bond donors (Lipinski definition) is 1. The molecule has 0 bridgehead atoms. The van der Waals surface area contributed by atoms with Crippen molar-refractivity contribution in [3.63, 3.8) is 0 Å². The number of likely N-dealkylation sites (N-methyl/N-ethyl adjacent to an activating group) is 1. The zero-order valence-electron chi connectivity index (χ0n) is 10.7. The minimum Gasteiger partial charge on any atom is -0.376 e. The Bertz CT molecular complexity index is 388. The van der Waals surface area contributed by atoms with Gasteiger partial charge in [-0.15, -0.1) is 0 Å². The molecule has 0 aliphatic carbocycles. The van der Waals surface area contributed by atoms with E-state index in [1.807, 2.05) is 30.3 Å². The van der Waals surface area contributed by atoms with Crippen LogP contribution < -0.4 is 5.73 Å². The smallest absolute Gasteiger partial charge is 0.243 e. The largest absolute Gasteiger partial charge is 0.376 e. The van der Waals surface area contributed by atoms with Gasteiger partial charge in [0.1, 0.15) is 6.04 Å². The molecule has 2 rings (SSSR count). The zero-order valence-corrected chi connectivity index (χ0v) is 10.7. The molecular formula is C14H20N2O2. The zero-order chi connectivity index (χ0) is 13.0. The first-order valence-corrected chi connectivity index (χ1v) is 6.35. The van der Waals surface area contributed by atoms with Crippen LogP contribution in [0, 0.1) is 0 Å². The maximum atomic E-state index is 12.2. The molecule has 1 heterocycles. The molecule has 1 unspecified atom stereocenters. The lowest BCUT2D eigenvalue weighted by Gasteiger charge is -2.24. The minimum atomic E-state index is -0.586. The number of nitrogens with two attached hydrogens (primary N) is 1. The SMILES string of the molecule is CN(CC1CCCO1)C(=O)[C@H](N)c1ccccc1. The van der Waals surface area contributed by atoms with Crippen molar-refractivity contribution in [1.29, 1.82) is 0 Å².